The number of rotatable bonds is 5. The van der Waals surface area contributed by atoms with Crippen LogP contribution in [0.4, 0.5) is 0 Å². The molecule has 1 unspecified atom stereocenters. The molecule has 0 amide bonds. The second-order valence-electron chi connectivity index (χ2n) is 13.3. The van der Waals surface area contributed by atoms with Gasteiger partial charge in [-0.3, -0.25) is 0 Å². The van der Waals surface area contributed by atoms with E-state index in [-0.39, 0.29) is 0 Å². The molecule has 0 spiro atoms. The average Bonchev–Trinajstić information content (AvgIpc) is 3.52. The van der Waals surface area contributed by atoms with E-state index in [1.54, 1.807) is 0 Å². The molecule has 2 heteroatoms. The molecule has 0 bridgehead atoms. The lowest BCUT2D eigenvalue weighted by atomic mass is 9.67. The molecular formula is C49H32N2. The molecule has 51 heavy (non-hydrogen) atoms. The van der Waals surface area contributed by atoms with Crippen molar-refractivity contribution >= 4 is 21.5 Å². The molecule has 9 aromatic rings. The van der Waals surface area contributed by atoms with Gasteiger partial charge < -0.3 is 0 Å². The molecule has 0 saturated carbocycles. The SMILES string of the molecule is c1ccc(-c2cc(-c3ccc4c(c3)C(c3ccccc3)(c3ccc5ccc6ccccc6c5c3)c3ccccc3-4)nc(-c3ccccc3)n2)cc1. The molecule has 1 aliphatic carbocycles. The Morgan fingerprint density at radius 2 is 0.922 bits per heavy atom. The Morgan fingerprint density at radius 1 is 0.333 bits per heavy atom. The van der Waals surface area contributed by atoms with Gasteiger partial charge in [0, 0.05) is 16.7 Å². The summed E-state index contributed by atoms with van der Waals surface area (Å²) in [6.45, 7) is 0. The molecule has 238 valence electrons. The van der Waals surface area contributed by atoms with Crippen LogP contribution < -0.4 is 0 Å². The van der Waals surface area contributed by atoms with Crippen molar-refractivity contribution in [2.75, 3.05) is 0 Å². The smallest absolute Gasteiger partial charge is 0.160 e. The summed E-state index contributed by atoms with van der Waals surface area (Å²) in [6.07, 6.45) is 0. The van der Waals surface area contributed by atoms with E-state index < -0.39 is 5.41 Å². The molecule has 2 nitrogen and oxygen atoms in total. The standard InChI is InChI=1S/C49H32N2/c1-4-15-35(16-5-1)46-32-47(51-48(50-46)36-17-6-2-7-18-36)37-27-29-42-41-22-12-13-23-44(41)49(45(42)30-37,38-19-8-3-9-20-38)39-28-26-34-25-24-33-14-10-11-21-40(33)43(34)31-39/h1-32H. The Hall–Kier alpha value is -6.64. The lowest BCUT2D eigenvalue weighted by molar-refractivity contribution is 0.770. The van der Waals surface area contributed by atoms with Crippen molar-refractivity contribution in [3.05, 3.63) is 216 Å². The van der Waals surface area contributed by atoms with Gasteiger partial charge in [-0.2, -0.15) is 0 Å². The van der Waals surface area contributed by atoms with E-state index in [0.29, 0.717) is 5.82 Å². The van der Waals surface area contributed by atoms with E-state index in [2.05, 4.69) is 170 Å². The molecule has 1 heterocycles. The number of fused-ring (bicyclic) bond motifs is 6. The normalized spacial score (nSPS) is 14.7. The van der Waals surface area contributed by atoms with Crippen LogP contribution in [0.15, 0.2) is 194 Å². The second kappa shape index (κ2) is 11.8. The van der Waals surface area contributed by atoms with Crippen LogP contribution in [0.2, 0.25) is 0 Å². The van der Waals surface area contributed by atoms with Gasteiger partial charge in [-0.15, -0.1) is 0 Å². The van der Waals surface area contributed by atoms with Crippen LogP contribution in [0.3, 0.4) is 0 Å². The second-order valence-corrected chi connectivity index (χ2v) is 13.3. The zero-order valence-electron chi connectivity index (χ0n) is 27.9. The van der Waals surface area contributed by atoms with Crippen LogP contribution in [-0.4, -0.2) is 9.97 Å². The molecule has 0 saturated heterocycles. The number of nitrogens with zero attached hydrogens (tertiary/aromatic N) is 2. The van der Waals surface area contributed by atoms with E-state index in [0.717, 1.165) is 28.1 Å². The fraction of sp³-hybridized carbons (Fsp3) is 0.0204. The fourth-order valence-corrected chi connectivity index (χ4v) is 8.22. The van der Waals surface area contributed by atoms with Crippen LogP contribution in [0, 0.1) is 0 Å². The van der Waals surface area contributed by atoms with E-state index >= 15 is 0 Å². The van der Waals surface area contributed by atoms with Crippen LogP contribution in [-0.2, 0) is 5.41 Å². The van der Waals surface area contributed by atoms with Crippen molar-refractivity contribution in [2.24, 2.45) is 0 Å². The van der Waals surface area contributed by atoms with Gasteiger partial charge in [0.05, 0.1) is 16.8 Å². The maximum Gasteiger partial charge on any atom is 0.160 e. The van der Waals surface area contributed by atoms with Crippen molar-refractivity contribution in [1.82, 2.24) is 9.97 Å². The molecule has 0 N–H and O–H groups in total. The van der Waals surface area contributed by atoms with E-state index in [1.807, 2.05) is 24.3 Å². The molecule has 1 atom stereocenters. The summed E-state index contributed by atoms with van der Waals surface area (Å²) in [5.74, 6) is 0.714. The summed E-state index contributed by atoms with van der Waals surface area (Å²) in [6, 6.07) is 70.0. The van der Waals surface area contributed by atoms with E-state index in [1.165, 1.54) is 54.9 Å². The zero-order chi connectivity index (χ0) is 33.8. The molecule has 1 aliphatic rings. The lowest BCUT2D eigenvalue weighted by Crippen LogP contribution is -2.28. The van der Waals surface area contributed by atoms with Crippen LogP contribution >= 0.6 is 0 Å². The van der Waals surface area contributed by atoms with Crippen molar-refractivity contribution in [2.45, 2.75) is 5.41 Å². The minimum absolute atomic E-state index is 0.550. The van der Waals surface area contributed by atoms with Gasteiger partial charge >= 0.3 is 0 Å². The summed E-state index contributed by atoms with van der Waals surface area (Å²) in [4.78, 5) is 10.3. The van der Waals surface area contributed by atoms with Crippen molar-refractivity contribution in [3.8, 4) is 45.0 Å². The maximum atomic E-state index is 5.23. The summed E-state index contributed by atoms with van der Waals surface area (Å²) in [5, 5.41) is 5.02. The molecular weight excluding hydrogens is 617 g/mol. The summed E-state index contributed by atoms with van der Waals surface area (Å²) in [5.41, 5.74) is 11.9. The predicted molar refractivity (Wildman–Crippen MR) is 211 cm³/mol. The molecule has 8 aromatic carbocycles. The van der Waals surface area contributed by atoms with Gasteiger partial charge in [0.2, 0.25) is 0 Å². The first-order valence-corrected chi connectivity index (χ1v) is 17.5. The van der Waals surface area contributed by atoms with Gasteiger partial charge in [0.25, 0.3) is 0 Å². The summed E-state index contributed by atoms with van der Waals surface area (Å²) < 4.78 is 0. The van der Waals surface area contributed by atoms with E-state index in [9.17, 15) is 0 Å². The Bertz CT molecular complexity index is 2680. The quantitative estimate of drug-likeness (QED) is 0.174. The first-order valence-electron chi connectivity index (χ1n) is 17.5. The highest BCUT2D eigenvalue weighted by Crippen LogP contribution is 2.57. The highest BCUT2D eigenvalue weighted by atomic mass is 14.9. The zero-order valence-corrected chi connectivity index (χ0v) is 27.9. The van der Waals surface area contributed by atoms with Crippen LogP contribution in [0.25, 0.3) is 66.6 Å². The van der Waals surface area contributed by atoms with Gasteiger partial charge in [-0.05, 0) is 73.1 Å². The monoisotopic (exact) mass is 648 g/mol. The first kappa shape index (κ1) is 29.3. The maximum absolute atomic E-state index is 5.23. The molecule has 10 rings (SSSR count). The van der Waals surface area contributed by atoms with Gasteiger partial charge in [0.1, 0.15) is 0 Å². The molecule has 0 aliphatic heterocycles. The van der Waals surface area contributed by atoms with Crippen molar-refractivity contribution < 1.29 is 0 Å². The largest absolute Gasteiger partial charge is 0.228 e. The number of benzene rings is 8. The lowest BCUT2D eigenvalue weighted by Gasteiger charge is -2.34. The third-order valence-electron chi connectivity index (χ3n) is 10.6. The molecule has 0 fully saturated rings. The minimum atomic E-state index is -0.550. The molecule has 1 aromatic heterocycles. The Kier molecular flexibility index (Phi) is 6.75. The van der Waals surface area contributed by atoms with Gasteiger partial charge in [-0.1, -0.05) is 176 Å². The average molecular weight is 649 g/mol. The fourth-order valence-electron chi connectivity index (χ4n) is 8.22. The molecule has 0 radical (unpaired) electrons. The highest BCUT2D eigenvalue weighted by molar-refractivity contribution is 6.08. The van der Waals surface area contributed by atoms with E-state index in [4.69, 9.17) is 9.97 Å². The number of aromatic nitrogens is 2. The Labute approximate surface area is 297 Å². The van der Waals surface area contributed by atoms with Crippen molar-refractivity contribution in [3.63, 3.8) is 0 Å². The third-order valence-corrected chi connectivity index (χ3v) is 10.6. The highest BCUT2D eigenvalue weighted by Gasteiger charge is 2.46. The van der Waals surface area contributed by atoms with Crippen LogP contribution in [0.5, 0.6) is 0 Å². The minimum Gasteiger partial charge on any atom is -0.228 e. The number of hydrogen-bond acceptors (Lipinski definition) is 2. The summed E-state index contributed by atoms with van der Waals surface area (Å²) in [7, 11) is 0. The first-order chi connectivity index (χ1) is 25.3. The third kappa shape index (κ3) is 4.65. The Balaban J connectivity index is 1.27. The predicted octanol–water partition coefficient (Wildman–Crippen LogP) is 12.1. The van der Waals surface area contributed by atoms with Gasteiger partial charge in [-0.25, -0.2) is 9.97 Å². The van der Waals surface area contributed by atoms with Crippen molar-refractivity contribution in [1.29, 1.82) is 0 Å². The van der Waals surface area contributed by atoms with Crippen LogP contribution in [0.1, 0.15) is 22.3 Å². The number of hydrogen-bond donors (Lipinski definition) is 0. The topological polar surface area (TPSA) is 25.8 Å². The van der Waals surface area contributed by atoms with Gasteiger partial charge in [0.15, 0.2) is 5.82 Å². The summed E-state index contributed by atoms with van der Waals surface area (Å²) >= 11 is 0. The Morgan fingerprint density at radius 3 is 1.71 bits per heavy atom.